The first kappa shape index (κ1) is 31.1. The lowest BCUT2D eigenvalue weighted by molar-refractivity contribution is -0.129. The van der Waals surface area contributed by atoms with Gasteiger partial charge in [-0.05, 0) is 93.8 Å². The van der Waals surface area contributed by atoms with Gasteiger partial charge in [0.15, 0.2) is 0 Å². The summed E-state index contributed by atoms with van der Waals surface area (Å²) in [4.78, 5) is 25.5. The third-order valence-electron chi connectivity index (χ3n) is 5.89. The van der Waals surface area contributed by atoms with Crippen LogP contribution in [0.1, 0.15) is 76.2 Å². The smallest absolute Gasteiger partial charge is 0.444 e. The molecule has 2 rings (SSSR count). The predicted molar refractivity (Wildman–Crippen MR) is 141 cm³/mol. The first-order valence-electron chi connectivity index (χ1n) is 12.2. The number of benzene rings is 1. The molecule has 0 saturated carbocycles. The van der Waals surface area contributed by atoms with Crippen molar-refractivity contribution in [1.29, 1.82) is 0 Å². The number of nitrogens with one attached hydrogen (secondary N) is 2. The first-order valence-corrected chi connectivity index (χ1v) is 13.7. The lowest BCUT2D eigenvalue weighted by Gasteiger charge is -2.32. The normalized spacial score (nSPS) is 19.2. The van der Waals surface area contributed by atoms with Crippen molar-refractivity contribution in [3.05, 3.63) is 24.3 Å². The summed E-state index contributed by atoms with van der Waals surface area (Å²) in [5.74, 6) is -0.969. The van der Waals surface area contributed by atoms with Crippen molar-refractivity contribution in [2.24, 2.45) is 0 Å². The Morgan fingerprint density at radius 3 is 2.00 bits per heavy atom. The molecule has 12 heteroatoms. The van der Waals surface area contributed by atoms with Crippen LogP contribution in [-0.4, -0.2) is 62.1 Å². The van der Waals surface area contributed by atoms with Crippen molar-refractivity contribution < 1.29 is 36.8 Å². The highest BCUT2D eigenvalue weighted by molar-refractivity contribution is 7.90. The molecule has 0 bridgehead atoms. The van der Waals surface area contributed by atoms with Gasteiger partial charge in [0.1, 0.15) is 11.6 Å². The van der Waals surface area contributed by atoms with Crippen LogP contribution in [0.4, 0.5) is 4.79 Å². The molecule has 10 nitrogen and oxygen atoms in total. The zero-order valence-electron chi connectivity index (χ0n) is 23.7. The van der Waals surface area contributed by atoms with Gasteiger partial charge < -0.3 is 24.1 Å². The minimum absolute atomic E-state index is 0.159. The van der Waals surface area contributed by atoms with Gasteiger partial charge in [-0.1, -0.05) is 12.1 Å². The molecular weight excluding hydrogens is 499 g/mol. The minimum Gasteiger partial charge on any atom is -0.444 e. The second kappa shape index (κ2) is 10.6. The Bertz CT molecular complexity index is 1090. The van der Waals surface area contributed by atoms with Crippen LogP contribution in [-0.2, 0) is 33.6 Å². The van der Waals surface area contributed by atoms with E-state index >= 15 is 0 Å². The summed E-state index contributed by atoms with van der Waals surface area (Å²) in [6.45, 7) is 19.5. The Balaban J connectivity index is 2.29. The Labute approximate surface area is 221 Å². The minimum atomic E-state index is -4.32. The third-order valence-corrected chi connectivity index (χ3v) is 7.24. The van der Waals surface area contributed by atoms with E-state index in [1.54, 1.807) is 60.6 Å². The Morgan fingerprint density at radius 2 is 1.51 bits per heavy atom. The quantitative estimate of drug-likeness (QED) is 0.506. The summed E-state index contributed by atoms with van der Waals surface area (Å²) in [6, 6.07) is 4.63. The van der Waals surface area contributed by atoms with E-state index in [0.717, 1.165) is 0 Å². The van der Waals surface area contributed by atoms with Gasteiger partial charge >= 0.3 is 13.2 Å². The highest BCUT2D eigenvalue weighted by Gasteiger charge is 2.51. The molecule has 1 aliphatic heterocycles. The molecule has 0 aromatic heterocycles. The Kier molecular flexibility index (Phi) is 8.86. The third kappa shape index (κ3) is 8.43. The molecule has 1 heterocycles. The van der Waals surface area contributed by atoms with Crippen LogP contribution in [0.2, 0.25) is 0 Å². The van der Waals surface area contributed by atoms with Gasteiger partial charge in [0.25, 0.3) is 15.9 Å². The molecule has 0 radical (unpaired) electrons. The molecule has 1 aromatic carbocycles. The molecule has 0 spiro atoms. The van der Waals surface area contributed by atoms with Crippen molar-refractivity contribution in [1.82, 2.24) is 10.0 Å². The fraction of sp³-hybridized carbons (Fsp3) is 0.680. The van der Waals surface area contributed by atoms with E-state index in [1.165, 1.54) is 12.1 Å². The average molecular weight is 540 g/mol. The van der Waals surface area contributed by atoms with E-state index in [9.17, 15) is 18.0 Å². The second-order valence-corrected chi connectivity index (χ2v) is 13.9. The van der Waals surface area contributed by atoms with Gasteiger partial charge in [-0.15, -0.1) is 0 Å². The maximum absolute atomic E-state index is 13.2. The lowest BCUT2D eigenvalue weighted by atomic mass is 9.79. The Hall–Kier alpha value is -2.15. The van der Waals surface area contributed by atoms with Crippen LogP contribution in [0, 0.1) is 0 Å². The fourth-order valence-electron chi connectivity index (χ4n) is 3.52. The molecule has 37 heavy (non-hydrogen) atoms. The predicted octanol–water partition coefficient (Wildman–Crippen LogP) is 2.89. The summed E-state index contributed by atoms with van der Waals surface area (Å²) in [5.41, 5.74) is -2.21. The SMILES string of the molecule is C[C@@H](OC(C)(C)C)[C@H](NC(=O)OC(C)(C)C)C(=O)NS(=O)(=O)c1cccc(B2OC(C)(C)C(C)(C)O2)c1. The molecule has 1 saturated heterocycles. The molecule has 1 aliphatic rings. The summed E-state index contributed by atoms with van der Waals surface area (Å²) < 4.78 is 51.6. The number of ether oxygens (including phenoxy) is 2. The van der Waals surface area contributed by atoms with Crippen LogP contribution in [0.5, 0.6) is 0 Å². The van der Waals surface area contributed by atoms with Gasteiger partial charge in [0, 0.05) is 0 Å². The van der Waals surface area contributed by atoms with Gasteiger partial charge in [-0.3, -0.25) is 4.79 Å². The maximum atomic E-state index is 13.2. The van der Waals surface area contributed by atoms with Crippen LogP contribution >= 0.6 is 0 Å². The standard InChI is InChI=1S/C25H41BN2O8S/c1-16(33-22(2,3)4)19(27-21(30)34-23(5,6)7)20(29)28-37(31,32)18-14-12-13-17(15-18)26-35-24(8,9)25(10,11)36-26/h12-16,19H,1-11H3,(H,27,30)(H,28,29)/t16-,19+/m1/s1. The van der Waals surface area contributed by atoms with Crippen LogP contribution in [0.15, 0.2) is 29.2 Å². The number of alkyl carbamates (subject to hydrolysis) is 1. The summed E-state index contributed by atoms with van der Waals surface area (Å²) >= 11 is 0. The molecule has 208 valence electrons. The monoisotopic (exact) mass is 540 g/mol. The van der Waals surface area contributed by atoms with Crippen molar-refractivity contribution >= 4 is 34.6 Å². The maximum Gasteiger partial charge on any atom is 0.494 e. The fourth-order valence-corrected chi connectivity index (χ4v) is 4.58. The molecular formula is C25H41BN2O8S. The van der Waals surface area contributed by atoms with E-state index in [4.69, 9.17) is 18.8 Å². The van der Waals surface area contributed by atoms with Crippen LogP contribution in [0.25, 0.3) is 0 Å². The molecule has 0 aliphatic carbocycles. The number of sulfonamides is 1. The molecule has 1 fully saturated rings. The Morgan fingerprint density at radius 1 is 0.973 bits per heavy atom. The molecule has 1 aromatic rings. The molecule has 2 atom stereocenters. The summed E-state index contributed by atoms with van der Waals surface area (Å²) in [7, 11) is -5.10. The number of amides is 2. The zero-order chi connectivity index (χ0) is 28.6. The number of carbonyl (C=O) groups excluding carboxylic acids is 2. The van der Waals surface area contributed by atoms with Gasteiger partial charge in [-0.2, -0.15) is 0 Å². The largest absolute Gasteiger partial charge is 0.494 e. The van der Waals surface area contributed by atoms with Crippen LogP contribution < -0.4 is 15.5 Å². The summed E-state index contributed by atoms with van der Waals surface area (Å²) in [6.07, 6.45) is -1.75. The number of hydrogen-bond acceptors (Lipinski definition) is 8. The van der Waals surface area contributed by atoms with Gasteiger partial charge in [0.05, 0.1) is 27.8 Å². The van der Waals surface area contributed by atoms with Crippen molar-refractivity contribution in [2.75, 3.05) is 0 Å². The van der Waals surface area contributed by atoms with Gasteiger partial charge in [0.2, 0.25) is 0 Å². The number of carbonyl (C=O) groups is 2. The highest BCUT2D eigenvalue weighted by atomic mass is 32.2. The number of rotatable bonds is 7. The zero-order valence-corrected chi connectivity index (χ0v) is 24.5. The van der Waals surface area contributed by atoms with E-state index in [-0.39, 0.29) is 4.90 Å². The highest BCUT2D eigenvalue weighted by Crippen LogP contribution is 2.36. The molecule has 0 unspecified atom stereocenters. The van der Waals surface area contributed by atoms with Crippen molar-refractivity contribution in [3.63, 3.8) is 0 Å². The van der Waals surface area contributed by atoms with E-state index in [0.29, 0.717) is 5.46 Å². The molecule has 2 N–H and O–H groups in total. The van der Waals surface area contributed by atoms with E-state index in [1.807, 2.05) is 27.7 Å². The topological polar surface area (TPSA) is 129 Å². The average Bonchev–Trinajstić information content (AvgIpc) is 2.90. The van der Waals surface area contributed by atoms with Crippen molar-refractivity contribution in [2.45, 2.75) is 116 Å². The lowest BCUT2D eigenvalue weighted by Crippen LogP contribution is -2.56. The van der Waals surface area contributed by atoms with Crippen LogP contribution in [0.3, 0.4) is 0 Å². The second-order valence-electron chi connectivity index (χ2n) is 12.2. The van der Waals surface area contributed by atoms with Crippen molar-refractivity contribution in [3.8, 4) is 0 Å². The first-order chi connectivity index (χ1) is 16.5. The van der Waals surface area contributed by atoms with Gasteiger partial charge in [-0.25, -0.2) is 17.9 Å². The number of hydrogen-bond donors (Lipinski definition) is 2. The molecule has 2 amide bonds. The van der Waals surface area contributed by atoms with E-state index < -0.39 is 63.7 Å². The summed E-state index contributed by atoms with van der Waals surface area (Å²) in [5, 5.41) is 2.44. The van der Waals surface area contributed by atoms with E-state index in [2.05, 4.69) is 10.0 Å².